The normalized spacial score (nSPS) is 15.7. The number of unbranched alkanes of at least 4 members (excludes halogenated alkanes) is 1. The summed E-state index contributed by atoms with van der Waals surface area (Å²) in [5, 5.41) is 2.90. The van der Waals surface area contributed by atoms with E-state index in [1.54, 1.807) is 25.3 Å². The van der Waals surface area contributed by atoms with Crippen LogP contribution in [0.2, 0.25) is 0 Å². The van der Waals surface area contributed by atoms with Gasteiger partial charge < -0.3 is 24.3 Å². The molecule has 1 atom stereocenters. The van der Waals surface area contributed by atoms with Crippen LogP contribution in [0.15, 0.2) is 42.5 Å². The fourth-order valence-corrected chi connectivity index (χ4v) is 3.09. The van der Waals surface area contributed by atoms with Crippen molar-refractivity contribution in [2.45, 2.75) is 38.7 Å². The van der Waals surface area contributed by atoms with Gasteiger partial charge in [0.2, 0.25) is 0 Å². The number of amides is 1. The molecule has 6 heteroatoms. The van der Waals surface area contributed by atoms with Crippen molar-refractivity contribution in [2.75, 3.05) is 32.2 Å². The molecule has 1 amide bonds. The average Bonchev–Trinajstić information content (AvgIpc) is 3.26. The molecular formula is C23H29NO5. The summed E-state index contributed by atoms with van der Waals surface area (Å²) in [5.74, 6) is 1.67. The molecule has 1 fully saturated rings. The molecule has 29 heavy (non-hydrogen) atoms. The Morgan fingerprint density at radius 3 is 2.83 bits per heavy atom. The highest BCUT2D eigenvalue weighted by Crippen LogP contribution is 2.29. The van der Waals surface area contributed by atoms with Crippen LogP contribution in [0.4, 0.5) is 5.69 Å². The van der Waals surface area contributed by atoms with E-state index in [0.29, 0.717) is 41.7 Å². The monoisotopic (exact) mass is 399 g/mol. The van der Waals surface area contributed by atoms with Gasteiger partial charge in [-0.2, -0.15) is 0 Å². The Bertz CT molecular complexity index is 802. The van der Waals surface area contributed by atoms with Crippen molar-refractivity contribution in [3.63, 3.8) is 0 Å². The topological polar surface area (TPSA) is 66.0 Å². The Morgan fingerprint density at radius 2 is 2.07 bits per heavy atom. The highest BCUT2D eigenvalue weighted by atomic mass is 16.5. The van der Waals surface area contributed by atoms with Gasteiger partial charge in [-0.1, -0.05) is 19.4 Å². The minimum absolute atomic E-state index is 0.152. The van der Waals surface area contributed by atoms with E-state index in [1.165, 1.54) is 0 Å². The molecule has 2 aromatic carbocycles. The SMILES string of the molecule is CCCCOc1ccc(C(=O)Nc2cccc(OCC3CCCO3)c2)cc1OC. The van der Waals surface area contributed by atoms with Crippen molar-refractivity contribution in [2.24, 2.45) is 0 Å². The lowest BCUT2D eigenvalue weighted by molar-refractivity contribution is 0.0680. The fraction of sp³-hybridized carbons (Fsp3) is 0.435. The summed E-state index contributed by atoms with van der Waals surface area (Å²) in [5.41, 5.74) is 1.16. The molecule has 0 saturated carbocycles. The van der Waals surface area contributed by atoms with Gasteiger partial charge in [0.15, 0.2) is 11.5 Å². The zero-order valence-electron chi connectivity index (χ0n) is 17.1. The molecule has 0 spiro atoms. The van der Waals surface area contributed by atoms with Gasteiger partial charge >= 0.3 is 0 Å². The van der Waals surface area contributed by atoms with Gasteiger partial charge in [0.25, 0.3) is 5.91 Å². The summed E-state index contributed by atoms with van der Waals surface area (Å²) < 4.78 is 22.5. The Kier molecular flexibility index (Phi) is 7.76. The van der Waals surface area contributed by atoms with Crippen molar-refractivity contribution in [1.29, 1.82) is 0 Å². The Balaban J connectivity index is 1.61. The van der Waals surface area contributed by atoms with E-state index in [1.807, 2.05) is 24.3 Å². The lowest BCUT2D eigenvalue weighted by Crippen LogP contribution is -2.16. The van der Waals surface area contributed by atoms with Crippen LogP contribution in [0, 0.1) is 0 Å². The summed E-state index contributed by atoms with van der Waals surface area (Å²) >= 11 is 0. The second-order valence-corrected chi connectivity index (χ2v) is 7.00. The van der Waals surface area contributed by atoms with Gasteiger partial charge in [-0.15, -0.1) is 0 Å². The molecule has 1 N–H and O–H groups in total. The van der Waals surface area contributed by atoms with Crippen LogP contribution in [0.5, 0.6) is 17.2 Å². The van der Waals surface area contributed by atoms with Gasteiger partial charge in [0.1, 0.15) is 12.4 Å². The van der Waals surface area contributed by atoms with Crippen molar-refractivity contribution in [3.8, 4) is 17.2 Å². The predicted octanol–water partition coefficient (Wildman–Crippen LogP) is 4.68. The van der Waals surface area contributed by atoms with E-state index in [9.17, 15) is 4.79 Å². The maximum atomic E-state index is 12.7. The van der Waals surface area contributed by atoms with Crippen molar-refractivity contribution < 1.29 is 23.7 Å². The number of ether oxygens (including phenoxy) is 4. The van der Waals surface area contributed by atoms with Gasteiger partial charge in [-0.25, -0.2) is 0 Å². The molecule has 0 radical (unpaired) electrons. The third kappa shape index (κ3) is 6.12. The fourth-order valence-electron chi connectivity index (χ4n) is 3.09. The highest BCUT2D eigenvalue weighted by molar-refractivity contribution is 6.04. The number of rotatable bonds is 10. The Morgan fingerprint density at radius 1 is 1.17 bits per heavy atom. The first-order chi connectivity index (χ1) is 14.2. The number of hydrogen-bond donors (Lipinski definition) is 1. The second kappa shape index (κ2) is 10.7. The predicted molar refractivity (Wildman–Crippen MR) is 112 cm³/mol. The van der Waals surface area contributed by atoms with E-state index < -0.39 is 0 Å². The Hall–Kier alpha value is -2.73. The molecular weight excluding hydrogens is 370 g/mol. The molecule has 1 unspecified atom stereocenters. The number of hydrogen-bond acceptors (Lipinski definition) is 5. The van der Waals surface area contributed by atoms with E-state index in [0.717, 1.165) is 32.3 Å². The first-order valence-corrected chi connectivity index (χ1v) is 10.2. The summed E-state index contributed by atoms with van der Waals surface area (Å²) in [7, 11) is 1.57. The number of carbonyl (C=O) groups is 1. The van der Waals surface area contributed by atoms with E-state index >= 15 is 0 Å². The summed E-state index contributed by atoms with van der Waals surface area (Å²) in [6, 6.07) is 12.6. The third-order valence-electron chi connectivity index (χ3n) is 4.73. The van der Waals surface area contributed by atoms with Crippen LogP contribution in [0.1, 0.15) is 43.0 Å². The lowest BCUT2D eigenvalue weighted by atomic mass is 10.1. The largest absolute Gasteiger partial charge is 0.493 e. The molecule has 6 nitrogen and oxygen atoms in total. The first-order valence-electron chi connectivity index (χ1n) is 10.2. The number of carbonyl (C=O) groups excluding carboxylic acids is 1. The summed E-state index contributed by atoms with van der Waals surface area (Å²) in [6.07, 6.45) is 4.28. The maximum absolute atomic E-state index is 12.7. The number of benzene rings is 2. The van der Waals surface area contributed by atoms with Crippen LogP contribution in [-0.4, -0.2) is 38.9 Å². The molecule has 2 aromatic rings. The maximum Gasteiger partial charge on any atom is 0.255 e. The molecule has 1 heterocycles. The second-order valence-electron chi connectivity index (χ2n) is 7.00. The zero-order chi connectivity index (χ0) is 20.5. The number of anilines is 1. The molecule has 1 aliphatic rings. The zero-order valence-corrected chi connectivity index (χ0v) is 17.1. The van der Waals surface area contributed by atoms with E-state index in [4.69, 9.17) is 18.9 Å². The van der Waals surface area contributed by atoms with Gasteiger partial charge in [-0.3, -0.25) is 4.79 Å². The van der Waals surface area contributed by atoms with E-state index in [-0.39, 0.29) is 12.0 Å². The number of methoxy groups -OCH3 is 1. The van der Waals surface area contributed by atoms with Gasteiger partial charge in [0.05, 0.1) is 19.8 Å². The summed E-state index contributed by atoms with van der Waals surface area (Å²) in [6.45, 7) is 4.05. The third-order valence-corrected chi connectivity index (χ3v) is 4.73. The van der Waals surface area contributed by atoms with Crippen LogP contribution < -0.4 is 19.5 Å². The standard InChI is InChI=1S/C23H29NO5/c1-3-4-12-28-21-11-10-17(14-22(21)26-2)23(25)24-18-7-5-8-19(15-18)29-16-20-9-6-13-27-20/h5,7-8,10-11,14-15,20H,3-4,6,9,12-13,16H2,1-2H3,(H,24,25). The van der Waals surface area contributed by atoms with Crippen LogP contribution in [-0.2, 0) is 4.74 Å². The molecule has 156 valence electrons. The van der Waals surface area contributed by atoms with Crippen molar-refractivity contribution in [3.05, 3.63) is 48.0 Å². The molecule has 0 bridgehead atoms. The molecule has 3 rings (SSSR count). The molecule has 0 aliphatic carbocycles. The first kappa shape index (κ1) is 21.0. The molecule has 0 aromatic heterocycles. The van der Waals surface area contributed by atoms with Gasteiger partial charge in [-0.05, 0) is 49.6 Å². The van der Waals surface area contributed by atoms with Crippen molar-refractivity contribution >= 4 is 11.6 Å². The lowest BCUT2D eigenvalue weighted by Gasteiger charge is -2.13. The summed E-state index contributed by atoms with van der Waals surface area (Å²) in [4.78, 5) is 12.7. The molecule has 1 saturated heterocycles. The smallest absolute Gasteiger partial charge is 0.255 e. The minimum Gasteiger partial charge on any atom is -0.493 e. The van der Waals surface area contributed by atoms with Crippen molar-refractivity contribution in [1.82, 2.24) is 0 Å². The van der Waals surface area contributed by atoms with Crippen LogP contribution >= 0.6 is 0 Å². The Labute approximate surface area is 172 Å². The van der Waals surface area contributed by atoms with Gasteiger partial charge in [0, 0.05) is 23.9 Å². The van der Waals surface area contributed by atoms with Crippen LogP contribution in [0.3, 0.4) is 0 Å². The highest BCUT2D eigenvalue weighted by Gasteiger charge is 2.16. The number of nitrogens with one attached hydrogen (secondary N) is 1. The molecule has 1 aliphatic heterocycles. The quantitative estimate of drug-likeness (QED) is 0.588. The van der Waals surface area contributed by atoms with Crippen LogP contribution in [0.25, 0.3) is 0 Å². The van der Waals surface area contributed by atoms with E-state index in [2.05, 4.69) is 12.2 Å². The minimum atomic E-state index is -0.223. The average molecular weight is 399 g/mol.